The number of nitrogens with one attached hydrogen (secondary N) is 1. The van der Waals surface area contributed by atoms with Gasteiger partial charge in [0, 0.05) is 24.5 Å². The fraction of sp³-hybridized carbons (Fsp3) is 0.800. The summed E-state index contributed by atoms with van der Waals surface area (Å²) in [6.07, 6.45) is 9.71. The first-order chi connectivity index (χ1) is 9.22. The van der Waals surface area contributed by atoms with Crippen molar-refractivity contribution >= 4 is 0 Å². The highest BCUT2D eigenvalue weighted by atomic mass is 16.3. The molecule has 2 atom stereocenters. The highest BCUT2D eigenvalue weighted by Crippen LogP contribution is 2.38. The molecular weight excluding hydrogens is 238 g/mol. The second-order valence-electron chi connectivity index (χ2n) is 5.79. The summed E-state index contributed by atoms with van der Waals surface area (Å²) in [6, 6.07) is 0. The van der Waals surface area contributed by atoms with Crippen LogP contribution in [0.15, 0.2) is 12.4 Å². The largest absolute Gasteiger partial charge is 0.394 e. The van der Waals surface area contributed by atoms with Gasteiger partial charge in [0.2, 0.25) is 0 Å². The van der Waals surface area contributed by atoms with Crippen molar-refractivity contribution in [3.05, 3.63) is 18.2 Å². The molecule has 1 aliphatic carbocycles. The Labute approximate surface area is 116 Å². The first-order valence-corrected chi connectivity index (χ1v) is 7.55. The van der Waals surface area contributed by atoms with Crippen molar-refractivity contribution in [3.63, 3.8) is 0 Å². The maximum atomic E-state index is 9.84. The van der Waals surface area contributed by atoms with Gasteiger partial charge in [-0.2, -0.15) is 0 Å². The van der Waals surface area contributed by atoms with E-state index in [1.807, 2.05) is 19.3 Å². The van der Waals surface area contributed by atoms with Crippen molar-refractivity contribution in [2.24, 2.45) is 5.92 Å². The molecule has 4 heteroatoms. The quantitative estimate of drug-likeness (QED) is 0.794. The van der Waals surface area contributed by atoms with E-state index in [0.29, 0.717) is 5.92 Å². The lowest BCUT2D eigenvalue weighted by Gasteiger charge is -2.35. The Hall–Kier alpha value is -0.870. The zero-order valence-electron chi connectivity index (χ0n) is 12.2. The van der Waals surface area contributed by atoms with Crippen LogP contribution in [0.25, 0.3) is 0 Å². The van der Waals surface area contributed by atoms with Gasteiger partial charge in [0.25, 0.3) is 0 Å². The maximum absolute atomic E-state index is 9.84. The number of hydrogen-bond acceptors (Lipinski definition) is 3. The van der Waals surface area contributed by atoms with E-state index in [9.17, 15) is 5.11 Å². The molecule has 0 radical (unpaired) electrons. The van der Waals surface area contributed by atoms with E-state index < -0.39 is 0 Å². The fourth-order valence-corrected chi connectivity index (χ4v) is 3.37. The number of imidazole rings is 1. The summed E-state index contributed by atoms with van der Waals surface area (Å²) in [7, 11) is 0. The van der Waals surface area contributed by atoms with Gasteiger partial charge in [-0.15, -0.1) is 0 Å². The molecule has 108 valence electrons. The van der Waals surface area contributed by atoms with Gasteiger partial charge in [-0.3, -0.25) is 0 Å². The zero-order valence-corrected chi connectivity index (χ0v) is 12.2. The fourth-order valence-electron chi connectivity index (χ4n) is 3.37. The molecular formula is C15H27N3O. The minimum Gasteiger partial charge on any atom is -0.394 e. The second-order valence-corrected chi connectivity index (χ2v) is 5.79. The number of hydrogen-bond donors (Lipinski definition) is 2. The Morgan fingerprint density at radius 3 is 3.05 bits per heavy atom. The van der Waals surface area contributed by atoms with E-state index in [2.05, 4.69) is 21.8 Å². The Kier molecular flexibility index (Phi) is 4.99. The number of aliphatic hydroxyl groups is 1. The molecule has 0 aromatic carbocycles. The van der Waals surface area contributed by atoms with Crippen LogP contribution in [-0.4, -0.2) is 33.3 Å². The summed E-state index contributed by atoms with van der Waals surface area (Å²) in [6.45, 7) is 6.49. The number of aromatic nitrogens is 2. The highest BCUT2D eigenvalue weighted by Gasteiger charge is 2.41. The Bertz CT molecular complexity index is 390. The number of rotatable bonds is 7. The molecule has 4 nitrogen and oxygen atoms in total. The average molecular weight is 265 g/mol. The minimum absolute atomic E-state index is 0.0372. The topological polar surface area (TPSA) is 50.1 Å². The lowest BCUT2D eigenvalue weighted by molar-refractivity contribution is 0.117. The molecule has 1 aliphatic rings. The molecule has 1 heterocycles. The molecule has 1 aromatic rings. The van der Waals surface area contributed by atoms with E-state index in [-0.39, 0.29) is 12.1 Å². The monoisotopic (exact) mass is 265 g/mol. The predicted molar refractivity (Wildman–Crippen MR) is 77.0 cm³/mol. The van der Waals surface area contributed by atoms with Crippen LogP contribution in [0.1, 0.15) is 44.9 Å². The maximum Gasteiger partial charge on any atom is 0.105 e. The van der Waals surface area contributed by atoms with Gasteiger partial charge in [0.15, 0.2) is 0 Å². The van der Waals surface area contributed by atoms with Gasteiger partial charge in [0.1, 0.15) is 5.82 Å². The van der Waals surface area contributed by atoms with Gasteiger partial charge in [0.05, 0.1) is 6.61 Å². The van der Waals surface area contributed by atoms with Gasteiger partial charge in [-0.1, -0.05) is 13.3 Å². The third kappa shape index (κ3) is 3.18. The first-order valence-electron chi connectivity index (χ1n) is 7.55. The molecule has 1 aromatic heterocycles. The smallest absolute Gasteiger partial charge is 0.105 e. The highest BCUT2D eigenvalue weighted by molar-refractivity contribution is 4.99. The van der Waals surface area contributed by atoms with Crippen LogP contribution >= 0.6 is 0 Å². The molecule has 1 fully saturated rings. The lowest BCUT2D eigenvalue weighted by atomic mass is 9.85. The van der Waals surface area contributed by atoms with E-state index >= 15 is 0 Å². The van der Waals surface area contributed by atoms with Crippen molar-refractivity contribution in [1.82, 2.24) is 14.9 Å². The number of aryl methyl sites for hydroxylation is 2. The summed E-state index contributed by atoms with van der Waals surface area (Å²) < 4.78 is 2.21. The molecule has 1 saturated carbocycles. The van der Waals surface area contributed by atoms with Crippen LogP contribution < -0.4 is 5.32 Å². The van der Waals surface area contributed by atoms with Crippen LogP contribution in [0.4, 0.5) is 0 Å². The van der Waals surface area contributed by atoms with Crippen molar-refractivity contribution in [2.75, 3.05) is 13.2 Å². The van der Waals surface area contributed by atoms with Crippen molar-refractivity contribution in [1.29, 1.82) is 0 Å². The van der Waals surface area contributed by atoms with Crippen molar-refractivity contribution in [2.45, 2.75) is 58.0 Å². The summed E-state index contributed by atoms with van der Waals surface area (Å²) in [5.74, 6) is 1.65. The van der Waals surface area contributed by atoms with Crippen LogP contribution in [0.2, 0.25) is 0 Å². The van der Waals surface area contributed by atoms with Gasteiger partial charge >= 0.3 is 0 Å². The van der Waals surface area contributed by atoms with Gasteiger partial charge in [-0.25, -0.2) is 4.98 Å². The minimum atomic E-state index is -0.0372. The molecule has 2 rings (SSSR count). The molecule has 19 heavy (non-hydrogen) atoms. The predicted octanol–water partition coefficient (Wildman–Crippen LogP) is 2.11. The van der Waals surface area contributed by atoms with Gasteiger partial charge < -0.3 is 15.0 Å². The van der Waals surface area contributed by atoms with E-state index in [0.717, 1.165) is 38.2 Å². The molecule has 0 aliphatic heterocycles. The van der Waals surface area contributed by atoms with Crippen molar-refractivity contribution in [3.8, 4) is 0 Å². The average Bonchev–Trinajstić information content (AvgIpc) is 3.01. The molecule has 2 N–H and O–H groups in total. The SMILES string of the molecule is CCCNC1(CO)CCCC1CCn1ccnc1C. The van der Waals surface area contributed by atoms with E-state index in [1.165, 1.54) is 12.8 Å². The summed E-state index contributed by atoms with van der Waals surface area (Å²) >= 11 is 0. The Balaban J connectivity index is 1.95. The normalized spacial score (nSPS) is 27.0. The van der Waals surface area contributed by atoms with E-state index in [1.54, 1.807) is 0 Å². The lowest BCUT2D eigenvalue weighted by Crippen LogP contribution is -2.51. The number of aliphatic hydroxyl groups excluding tert-OH is 1. The molecule has 0 saturated heterocycles. The summed E-state index contributed by atoms with van der Waals surface area (Å²) in [5.41, 5.74) is -0.0372. The molecule has 0 spiro atoms. The van der Waals surface area contributed by atoms with Crippen LogP contribution in [0, 0.1) is 12.8 Å². The summed E-state index contributed by atoms with van der Waals surface area (Å²) in [5, 5.41) is 13.5. The Morgan fingerprint density at radius 2 is 2.42 bits per heavy atom. The zero-order chi connectivity index (χ0) is 13.7. The second kappa shape index (κ2) is 6.53. The molecule has 0 bridgehead atoms. The first kappa shape index (κ1) is 14.5. The molecule has 2 unspecified atom stereocenters. The van der Waals surface area contributed by atoms with Crippen LogP contribution in [0.3, 0.4) is 0 Å². The Morgan fingerprint density at radius 1 is 1.58 bits per heavy atom. The third-order valence-electron chi connectivity index (χ3n) is 4.61. The summed E-state index contributed by atoms with van der Waals surface area (Å²) in [4.78, 5) is 4.27. The van der Waals surface area contributed by atoms with E-state index in [4.69, 9.17) is 0 Å². The number of nitrogens with zero attached hydrogens (tertiary/aromatic N) is 2. The standard InChI is InChI=1S/C15H27N3O/c1-3-8-17-15(12-19)7-4-5-14(15)6-10-18-11-9-16-13(18)2/h9,11,14,17,19H,3-8,10,12H2,1-2H3. The van der Waals surface area contributed by atoms with Crippen LogP contribution in [0.5, 0.6) is 0 Å². The third-order valence-corrected chi connectivity index (χ3v) is 4.61. The van der Waals surface area contributed by atoms with Crippen LogP contribution in [-0.2, 0) is 6.54 Å². The van der Waals surface area contributed by atoms with Gasteiger partial charge in [-0.05, 0) is 45.1 Å². The van der Waals surface area contributed by atoms with Crippen molar-refractivity contribution < 1.29 is 5.11 Å². The molecule has 0 amide bonds.